The summed E-state index contributed by atoms with van der Waals surface area (Å²) in [5, 5.41) is 15.1. The van der Waals surface area contributed by atoms with E-state index in [0.29, 0.717) is 0 Å². The van der Waals surface area contributed by atoms with Crippen molar-refractivity contribution in [3.8, 4) is 0 Å². The van der Waals surface area contributed by atoms with E-state index in [4.69, 9.17) is 0 Å². The van der Waals surface area contributed by atoms with Gasteiger partial charge in [0.2, 0.25) is 4.96 Å². The van der Waals surface area contributed by atoms with Gasteiger partial charge in [0.25, 0.3) is 5.82 Å². The lowest BCUT2D eigenvalue weighted by Gasteiger charge is -2.35. The summed E-state index contributed by atoms with van der Waals surface area (Å²) < 4.78 is 39.5. The number of hydrogen-bond acceptors (Lipinski definition) is 5. The van der Waals surface area contributed by atoms with E-state index in [-0.39, 0.29) is 10.4 Å². The second kappa shape index (κ2) is 5.20. The lowest BCUT2D eigenvalue weighted by molar-refractivity contribution is -0.146. The van der Waals surface area contributed by atoms with Crippen LogP contribution in [0, 0.1) is 0 Å². The molecule has 3 rings (SSSR count). The minimum absolute atomic E-state index is 0.131. The Morgan fingerprint density at radius 2 is 2.00 bits per heavy atom. The zero-order chi connectivity index (χ0) is 15.1. The predicted molar refractivity (Wildman–Crippen MR) is 72.4 cm³/mol. The fourth-order valence-electron chi connectivity index (χ4n) is 2.96. The highest BCUT2D eigenvalue weighted by Gasteiger charge is 2.41. The number of aromatic nitrogens is 4. The van der Waals surface area contributed by atoms with E-state index in [2.05, 4.69) is 27.5 Å². The molecule has 1 N–H and O–H groups in total. The van der Waals surface area contributed by atoms with Crippen LogP contribution in [0.15, 0.2) is 0 Å². The van der Waals surface area contributed by atoms with Crippen LogP contribution in [0.25, 0.3) is 4.96 Å². The van der Waals surface area contributed by atoms with Gasteiger partial charge in [0.15, 0.2) is 0 Å². The molecule has 0 aliphatic carbocycles. The summed E-state index contributed by atoms with van der Waals surface area (Å²) in [5.41, 5.74) is -0.131. The zero-order valence-corrected chi connectivity index (χ0v) is 12.4. The Hall–Kier alpha value is -1.22. The lowest BCUT2D eigenvalue weighted by atomic mass is 9.76. The van der Waals surface area contributed by atoms with Crippen molar-refractivity contribution >= 4 is 16.3 Å². The smallest absolute Gasteiger partial charge is 0.317 e. The van der Waals surface area contributed by atoms with Gasteiger partial charge in [0.1, 0.15) is 5.01 Å². The molecule has 0 radical (unpaired) electrons. The number of hydrogen-bond donors (Lipinski definition) is 1. The predicted octanol–water partition coefficient (Wildman–Crippen LogP) is 2.63. The van der Waals surface area contributed by atoms with Crippen LogP contribution in [0.4, 0.5) is 13.2 Å². The maximum absolute atomic E-state index is 12.9. The summed E-state index contributed by atoms with van der Waals surface area (Å²) in [7, 11) is 0. The van der Waals surface area contributed by atoms with Crippen molar-refractivity contribution in [3.63, 3.8) is 0 Å². The second-order valence-electron chi connectivity index (χ2n) is 5.40. The van der Waals surface area contributed by atoms with Gasteiger partial charge >= 0.3 is 6.18 Å². The first-order valence-electron chi connectivity index (χ1n) is 6.97. The van der Waals surface area contributed by atoms with E-state index >= 15 is 0 Å². The summed E-state index contributed by atoms with van der Waals surface area (Å²) in [6.07, 6.45) is -0.832. The maximum Gasteiger partial charge on any atom is 0.453 e. The molecule has 0 spiro atoms. The van der Waals surface area contributed by atoms with Crippen LogP contribution in [0.3, 0.4) is 0 Å². The summed E-state index contributed by atoms with van der Waals surface area (Å²) in [5.74, 6) is -1.04. The van der Waals surface area contributed by atoms with Gasteiger partial charge in [-0.1, -0.05) is 24.7 Å². The van der Waals surface area contributed by atoms with E-state index in [9.17, 15) is 13.2 Å². The quantitative estimate of drug-likeness (QED) is 0.945. The number of nitrogens with one attached hydrogen (secondary N) is 1. The average molecular weight is 319 g/mol. The van der Waals surface area contributed by atoms with Crippen LogP contribution in [-0.4, -0.2) is 32.9 Å². The maximum atomic E-state index is 12.9. The molecule has 1 saturated heterocycles. The summed E-state index contributed by atoms with van der Waals surface area (Å²) in [4.78, 5) is 0.214. The first-order chi connectivity index (χ1) is 9.96. The zero-order valence-electron chi connectivity index (χ0n) is 11.6. The molecule has 1 fully saturated rings. The molecule has 3 heterocycles. The lowest BCUT2D eigenvalue weighted by Crippen LogP contribution is -2.39. The monoisotopic (exact) mass is 319 g/mol. The Labute approximate surface area is 123 Å². The standard InChI is InChI=1S/C12H16F3N5S/c1-2-3-11(4-6-16-7-5-11)9-19-20-8(12(13,14)15)17-18-10(20)21-9/h16H,2-7H2,1H3. The summed E-state index contributed by atoms with van der Waals surface area (Å²) in [6.45, 7) is 3.82. The van der Waals surface area contributed by atoms with Crippen molar-refractivity contribution in [3.05, 3.63) is 10.8 Å². The van der Waals surface area contributed by atoms with Crippen LogP contribution in [-0.2, 0) is 11.6 Å². The third-order valence-corrected chi connectivity index (χ3v) is 5.13. The van der Waals surface area contributed by atoms with Gasteiger partial charge in [-0.05, 0) is 32.4 Å². The van der Waals surface area contributed by atoms with Crippen molar-refractivity contribution in [2.75, 3.05) is 13.1 Å². The van der Waals surface area contributed by atoms with E-state index in [1.807, 2.05) is 0 Å². The molecular formula is C12H16F3N5S. The van der Waals surface area contributed by atoms with Crippen molar-refractivity contribution in [1.29, 1.82) is 0 Å². The minimum atomic E-state index is -4.53. The molecule has 1 aliphatic rings. The van der Waals surface area contributed by atoms with Gasteiger partial charge in [-0.25, -0.2) is 0 Å². The molecule has 0 amide bonds. The van der Waals surface area contributed by atoms with E-state index in [0.717, 1.165) is 48.3 Å². The first-order valence-corrected chi connectivity index (χ1v) is 7.78. The Kier molecular flexibility index (Phi) is 3.64. The molecule has 0 aromatic carbocycles. The highest BCUT2D eigenvalue weighted by atomic mass is 32.1. The number of piperidine rings is 1. The molecule has 0 atom stereocenters. The summed E-state index contributed by atoms with van der Waals surface area (Å²) >= 11 is 1.23. The van der Waals surface area contributed by atoms with Crippen LogP contribution >= 0.6 is 11.3 Å². The number of rotatable bonds is 3. The normalized spacial score (nSPS) is 19.2. The Morgan fingerprint density at radius 1 is 1.29 bits per heavy atom. The Morgan fingerprint density at radius 3 is 2.62 bits per heavy atom. The molecule has 0 saturated carbocycles. The molecular weight excluding hydrogens is 303 g/mol. The Bertz CT molecular complexity index is 621. The molecule has 0 bridgehead atoms. The average Bonchev–Trinajstić information content (AvgIpc) is 2.98. The highest BCUT2D eigenvalue weighted by molar-refractivity contribution is 7.16. The van der Waals surface area contributed by atoms with Crippen LogP contribution in [0.1, 0.15) is 43.4 Å². The number of alkyl halides is 3. The fourth-order valence-corrected chi connectivity index (χ4v) is 4.08. The SMILES string of the molecule is CCCC1(c2nn3c(C(F)(F)F)nnc3s2)CCNCC1. The topological polar surface area (TPSA) is 55.1 Å². The fraction of sp³-hybridized carbons (Fsp3) is 0.750. The van der Waals surface area contributed by atoms with Crippen molar-refractivity contribution in [2.24, 2.45) is 0 Å². The van der Waals surface area contributed by atoms with Crippen molar-refractivity contribution in [1.82, 2.24) is 25.1 Å². The number of halogens is 3. The highest BCUT2D eigenvalue weighted by Crippen LogP contribution is 2.40. The Balaban J connectivity index is 2.05. The second-order valence-corrected chi connectivity index (χ2v) is 6.36. The largest absolute Gasteiger partial charge is 0.453 e. The van der Waals surface area contributed by atoms with Gasteiger partial charge in [0, 0.05) is 5.41 Å². The first kappa shape index (κ1) is 14.7. The molecule has 9 heteroatoms. The van der Waals surface area contributed by atoms with Crippen LogP contribution in [0.2, 0.25) is 0 Å². The molecule has 5 nitrogen and oxygen atoms in total. The molecule has 2 aromatic heterocycles. The minimum Gasteiger partial charge on any atom is -0.317 e. The van der Waals surface area contributed by atoms with E-state index in [1.165, 1.54) is 11.3 Å². The van der Waals surface area contributed by atoms with E-state index < -0.39 is 12.0 Å². The van der Waals surface area contributed by atoms with Crippen molar-refractivity contribution < 1.29 is 13.2 Å². The van der Waals surface area contributed by atoms with Gasteiger partial charge in [-0.15, -0.1) is 10.2 Å². The molecule has 2 aromatic rings. The van der Waals surface area contributed by atoms with Gasteiger partial charge in [0.05, 0.1) is 0 Å². The van der Waals surface area contributed by atoms with Crippen molar-refractivity contribution in [2.45, 2.75) is 44.2 Å². The van der Waals surface area contributed by atoms with Gasteiger partial charge < -0.3 is 5.32 Å². The van der Waals surface area contributed by atoms with Gasteiger partial charge in [-0.2, -0.15) is 22.8 Å². The van der Waals surface area contributed by atoms with Gasteiger partial charge in [-0.3, -0.25) is 0 Å². The molecule has 116 valence electrons. The molecule has 0 unspecified atom stereocenters. The van der Waals surface area contributed by atoms with Crippen LogP contribution in [0.5, 0.6) is 0 Å². The van der Waals surface area contributed by atoms with E-state index in [1.54, 1.807) is 0 Å². The number of nitrogens with zero attached hydrogens (tertiary/aromatic N) is 4. The molecule has 1 aliphatic heterocycles. The third kappa shape index (κ3) is 2.52. The third-order valence-electron chi connectivity index (χ3n) is 3.99. The summed E-state index contributed by atoms with van der Waals surface area (Å²) in [6, 6.07) is 0. The number of fused-ring (bicyclic) bond motifs is 1. The molecule has 21 heavy (non-hydrogen) atoms. The van der Waals surface area contributed by atoms with Crippen LogP contribution < -0.4 is 5.32 Å².